The van der Waals surface area contributed by atoms with Crippen molar-refractivity contribution in [1.82, 2.24) is 4.98 Å². The second-order valence-corrected chi connectivity index (χ2v) is 4.94. The number of aryl methyl sites for hydroxylation is 1. The van der Waals surface area contributed by atoms with Crippen LogP contribution < -0.4 is 5.32 Å². The predicted octanol–water partition coefficient (Wildman–Crippen LogP) is 3.24. The number of nitrogens with one attached hydrogen (secondary N) is 1. The van der Waals surface area contributed by atoms with Crippen molar-refractivity contribution < 1.29 is 9.53 Å². The van der Waals surface area contributed by atoms with Crippen LogP contribution in [0.1, 0.15) is 28.5 Å². The highest BCUT2D eigenvalue weighted by Crippen LogP contribution is 2.21. The number of aromatic nitrogens is 1. The molecule has 100 valence electrons. The minimum absolute atomic E-state index is 0.355. The van der Waals surface area contributed by atoms with Gasteiger partial charge in [-0.1, -0.05) is 29.8 Å². The number of benzene rings is 1. The van der Waals surface area contributed by atoms with Gasteiger partial charge in [0, 0.05) is 6.54 Å². The molecule has 4 nitrogen and oxygen atoms in total. The molecule has 0 atom stereocenters. The molecule has 1 aromatic carbocycles. The molecule has 0 unspecified atom stereocenters. The number of anilines is 1. The van der Waals surface area contributed by atoms with E-state index in [2.05, 4.69) is 41.5 Å². The van der Waals surface area contributed by atoms with Crippen LogP contribution in [0.5, 0.6) is 0 Å². The molecule has 1 aromatic heterocycles. The molecule has 0 aliphatic rings. The highest BCUT2D eigenvalue weighted by Gasteiger charge is 2.15. The molecule has 0 aliphatic carbocycles. The van der Waals surface area contributed by atoms with E-state index in [1.54, 1.807) is 12.4 Å². The number of ether oxygens (including phenoxy) is 1. The summed E-state index contributed by atoms with van der Waals surface area (Å²) in [6.07, 6.45) is 0. The van der Waals surface area contributed by atoms with Crippen LogP contribution in [0.4, 0.5) is 5.00 Å². The molecule has 5 heteroatoms. The Bertz CT molecular complexity index is 549. The summed E-state index contributed by atoms with van der Waals surface area (Å²) in [6.45, 7) is 4.85. The molecule has 0 saturated carbocycles. The number of hydrogen-bond acceptors (Lipinski definition) is 5. The van der Waals surface area contributed by atoms with Crippen molar-refractivity contribution in [3.63, 3.8) is 0 Å². The average molecular weight is 276 g/mol. The van der Waals surface area contributed by atoms with Gasteiger partial charge >= 0.3 is 5.97 Å². The van der Waals surface area contributed by atoms with Crippen LogP contribution >= 0.6 is 11.3 Å². The lowest BCUT2D eigenvalue weighted by atomic mass is 10.1. The zero-order valence-corrected chi connectivity index (χ0v) is 11.8. The van der Waals surface area contributed by atoms with Crippen molar-refractivity contribution in [1.29, 1.82) is 0 Å². The molecule has 0 amide bonds. The molecule has 0 aliphatic heterocycles. The number of esters is 1. The minimum Gasteiger partial charge on any atom is -0.461 e. The van der Waals surface area contributed by atoms with Crippen molar-refractivity contribution in [3.05, 3.63) is 46.6 Å². The summed E-state index contributed by atoms with van der Waals surface area (Å²) in [5.41, 5.74) is 4.39. The van der Waals surface area contributed by atoms with Crippen molar-refractivity contribution in [3.8, 4) is 0 Å². The van der Waals surface area contributed by atoms with Gasteiger partial charge in [0.25, 0.3) is 0 Å². The molecule has 0 saturated heterocycles. The largest absolute Gasteiger partial charge is 0.461 e. The van der Waals surface area contributed by atoms with Gasteiger partial charge in [-0.25, -0.2) is 9.78 Å². The van der Waals surface area contributed by atoms with Gasteiger partial charge < -0.3 is 10.1 Å². The molecule has 0 fully saturated rings. The first-order valence-electron chi connectivity index (χ1n) is 6.10. The van der Waals surface area contributed by atoms with Gasteiger partial charge in [0.2, 0.25) is 0 Å². The fourth-order valence-electron chi connectivity index (χ4n) is 1.60. The number of thiazole rings is 1. The molecule has 19 heavy (non-hydrogen) atoms. The van der Waals surface area contributed by atoms with Crippen LogP contribution in [0, 0.1) is 6.92 Å². The van der Waals surface area contributed by atoms with Crippen LogP contribution in [0.15, 0.2) is 29.8 Å². The maximum absolute atomic E-state index is 11.7. The first kappa shape index (κ1) is 13.5. The van der Waals surface area contributed by atoms with Crippen LogP contribution in [0.2, 0.25) is 0 Å². The SMILES string of the molecule is CCOC(=O)c1ncsc1NCc1ccc(C)cc1. The summed E-state index contributed by atoms with van der Waals surface area (Å²) < 4.78 is 4.96. The van der Waals surface area contributed by atoms with E-state index in [-0.39, 0.29) is 5.97 Å². The topological polar surface area (TPSA) is 51.2 Å². The Balaban J connectivity index is 2.02. The molecule has 0 spiro atoms. The zero-order chi connectivity index (χ0) is 13.7. The number of carbonyl (C=O) groups is 1. The summed E-state index contributed by atoms with van der Waals surface area (Å²) in [5.74, 6) is -0.379. The van der Waals surface area contributed by atoms with Crippen molar-refractivity contribution >= 4 is 22.3 Å². The molecule has 0 bridgehead atoms. The van der Waals surface area contributed by atoms with Gasteiger partial charge in [-0.2, -0.15) is 0 Å². The van der Waals surface area contributed by atoms with E-state index < -0.39 is 0 Å². The third-order valence-electron chi connectivity index (χ3n) is 2.61. The lowest BCUT2D eigenvalue weighted by Gasteiger charge is -2.06. The molecule has 2 aromatic rings. The fourth-order valence-corrected chi connectivity index (χ4v) is 2.27. The Morgan fingerprint density at radius 1 is 1.37 bits per heavy atom. The Hall–Kier alpha value is -1.88. The quantitative estimate of drug-likeness (QED) is 0.852. The van der Waals surface area contributed by atoms with Crippen LogP contribution in [-0.4, -0.2) is 17.6 Å². The van der Waals surface area contributed by atoms with Crippen LogP contribution in [-0.2, 0) is 11.3 Å². The summed E-state index contributed by atoms with van der Waals surface area (Å²) in [6, 6.07) is 8.26. The van der Waals surface area contributed by atoms with Gasteiger partial charge in [0.1, 0.15) is 5.00 Å². The van der Waals surface area contributed by atoms with Crippen LogP contribution in [0.25, 0.3) is 0 Å². The van der Waals surface area contributed by atoms with E-state index >= 15 is 0 Å². The van der Waals surface area contributed by atoms with Crippen molar-refractivity contribution in [2.45, 2.75) is 20.4 Å². The Morgan fingerprint density at radius 2 is 2.11 bits per heavy atom. The van der Waals surface area contributed by atoms with Gasteiger partial charge in [-0.15, -0.1) is 11.3 Å². The monoisotopic (exact) mass is 276 g/mol. The number of hydrogen-bond donors (Lipinski definition) is 1. The highest BCUT2D eigenvalue weighted by atomic mass is 32.1. The fraction of sp³-hybridized carbons (Fsp3) is 0.286. The number of nitrogens with zero attached hydrogens (tertiary/aromatic N) is 1. The minimum atomic E-state index is -0.379. The summed E-state index contributed by atoms with van der Waals surface area (Å²) in [4.78, 5) is 15.7. The Morgan fingerprint density at radius 3 is 2.79 bits per heavy atom. The van der Waals surface area contributed by atoms with Crippen LogP contribution in [0.3, 0.4) is 0 Å². The first-order chi connectivity index (χ1) is 9.20. The Labute approximate surface area is 116 Å². The van der Waals surface area contributed by atoms with E-state index in [0.29, 0.717) is 18.8 Å². The average Bonchev–Trinajstić information content (AvgIpc) is 2.87. The summed E-state index contributed by atoms with van der Waals surface area (Å²) in [5, 5.41) is 3.97. The third kappa shape index (κ3) is 3.54. The normalized spacial score (nSPS) is 10.2. The van der Waals surface area contributed by atoms with E-state index in [9.17, 15) is 4.79 Å². The maximum Gasteiger partial charge on any atom is 0.360 e. The predicted molar refractivity (Wildman–Crippen MR) is 76.6 cm³/mol. The van der Waals surface area contributed by atoms with E-state index in [0.717, 1.165) is 10.6 Å². The molecular formula is C14H16N2O2S. The number of rotatable bonds is 5. The maximum atomic E-state index is 11.7. The van der Waals surface area contributed by atoms with Crippen molar-refractivity contribution in [2.24, 2.45) is 0 Å². The van der Waals surface area contributed by atoms with E-state index in [1.807, 2.05) is 0 Å². The lowest BCUT2D eigenvalue weighted by Crippen LogP contribution is -2.09. The Kier molecular flexibility index (Phi) is 4.52. The molecule has 1 N–H and O–H groups in total. The second-order valence-electron chi connectivity index (χ2n) is 4.09. The first-order valence-corrected chi connectivity index (χ1v) is 6.98. The smallest absolute Gasteiger partial charge is 0.360 e. The standard InChI is InChI=1S/C14H16N2O2S/c1-3-18-14(17)12-13(19-9-16-12)15-8-11-6-4-10(2)5-7-11/h4-7,9,15H,3,8H2,1-2H3. The van der Waals surface area contributed by atoms with E-state index in [1.165, 1.54) is 16.9 Å². The molecular weight excluding hydrogens is 260 g/mol. The third-order valence-corrected chi connectivity index (χ3v) is 3.39. The highest BCUT2D eigenvalue weighted by molar-refractivity contribution is 7.14. The zero-order valence-electron chi connectivity index (χ0n) is 11.0. The molecule has 2 rings (SSSR count). The molecule has 1 heterocycles. The van der Waals surface area contributed by atoms with E-state index in [4.69, 9.17) is 4.74 Å². The molecule has 0 radical (unpaired) electrons. The van der Waals surface area contributed by atoms with Gasteiger partial charge in [-0.05, 0) is 19.4 Å². The van der Waals surface area contributed by atoms with Gasteiger partial charge in [0.05, 0.1) is 12.1 Å². The summed E-state index contributed by atoms with van der Waals surface area (Å²) >= 11 is 1.40. The van der Waals surface area contributed by atoms with Gasteiger partial charge in [0.15, 0.2) is 5.69 Å². The van der Waals surface area contributed by atoms with Crippen molar-refractivity contribution in [2.75, 3.05) is 11.9 Å². The van der Waals surface area contributed by atoms with Gasteiger partial charge in [-0.3, -0.25) is 0 Å². The second kappa shape index (κ2) is 6.33. The summed E-state index contributed by atoms with van der Waals surface area (Å²) in [7, 11) is 0. The lowest BCUT2D eigenvalue weighted by molar-refractivity contribution is 0.0521. The number of carbonyl (C=O) groups excluding carboxylic acids is 1.